The summed E-state index contributed by atoms with van der Waals surface area (Å²) in [7, 11) is 1.78. The summed E-state index contributed by atoms with van der Waals surface area (Å²) in [5.74, 6) is -0.219. The highest BCUT2D eigenvalue weighted by Gasteiger charge is 2.13. The Morgan fingerprint density at radius 2 is 1.64 bits per heavy atom. The lowest BCUT2D eigenvalue weighted by Crippen LogP contribution is -2.25. The molecule has 2 amide bonds. The van der Waals surface area contributed by atoms with Gasteiger partial charge in [-0.3, -0.25) is 9.59 Å². The summed E-state index contributed by atoms with van der Waals surface area (Å²) < 4.78 is 0. The van der Waals surface area contributed by atoms with Crippen molar-refractivity contribution in [3.8, 4) is 0 Å². The van der Waals surface area contributed by atoms with Crippen molar-refractivity contribution in [3.05, 3.63) is 88.1 Å². The summed E-state index contributed by atoms with van der Waals surface area (Å²) in [6, 6.07) is 19.9. The number of hydrogen-bond donors (Lipinski definition) is 1. The summed E-state index contributed by atoms with van der Waals surface area (Å²) >= 11 is 1.63. The van der Waals surface area contributed by atoms with Crippen LogP contribution in [0.1, 0.15) is 25.6 Å². The number of rotatable bonds is 5. The highest BCUT2D eigenvalue weighted by molar-refractivity contribution is 7.09. The van der Waals surface area contributed by atoms with Crippen LogP contribution >= 0.6 is 11.3 Å². The largest absolute Gasteiger partial charge is 0.337 e. The zero-order chi connectivity index (χ0) is 17.6. The third-order valence-corrected chi connectivity index (χ3v) is 4.61. The van der Waals surface area contributed by atoms with Gasteiger partial charge in [0, 0.05) is 28.7 Å². The Morgan fingerprint density at radius 3 is 2.28 bits per heavy atom. The summed E-state index contributed by atoms with van der Waals surface area (Å²) in [6.45, 7) is 0.586. The van der Waals surface area contributed by atoms with Crippen molar-refractivity contribution in [2.75, 3.05) is 12.4 Å². The smallest absolute Gasteiger partial charge is 0.255 e. The van der Waals surface area contributed by atoms with Gasteiger partial charge in [0.15, 0.2) is 0 Å². The first-order valence-electron chi connectivity index (χ1n) is 7.88. The lowest BCUT2D eigenvalue weighted by molar-refractivity contribution is 0.0786. The molecule has 126 valence electrons. The van der Waals surface area contributed by atoms with Gasteiger partial charge in [-0.25, -0.2) is 0 Å². The first kappa shape index (κ1) is 16.9. The van der Waals surface area contributed by atoms with E-state index in [1.807, 2.05) is 35.7 Å². The maximum atomic E-state index is 12.5. The van der Waals surface area contributed by atoms with Crippen molar-refractivity contribution in [1.82, 2.24) is 4.90 Å². The van der Waals surface area contributed by atoms with Crippen LogP contribution in [-0.2, 0) is 6.54 Å². The third kappa shape index (κ3) is 4.33. The molecule has 0 bridgehead atoms. The number of hydrogen-bond acceptors (Lipinski definition) is 3. The summed E-state index contributed by atoms with van der Waals surface area (Å²) in [6.07, 6.45) is 0. The van der Waals surface area contributed by atoms with Gasteiger partial charge < -0.3 is 10.2 Å². The molecule has 0 spiro atoms. The minimum atomic E-state index is -0.172. The standard InChI is InChI=1S/C20H18N2O2S/c1-22(14-18-8-5-13-25-18)20(24)16-9-11-17(12-10-16)21-19(23)15-6-3-2-4-7-15/h2-13H,14H2,1H3,(H,21,23). The second-order valence-corrected chi connectivity index (χ2v) is 6.67. The molecule has 2 aromatic carbocycles. The maximum Gasteiger partial charge on any atom is 0.255 e. The number of carbonyl (C=O) groups excluding carboxylic acids is 2. The monoisotopic (exact) mass is 350 g/mol. The van der Waals surface area contributed by atoms with Crippen LogP contribution < -0.4 is 5.32 Å². The molecule has 0 aliphatic carbocycles. The van der Waals surface area contributed by atoms with E-state index >= 15 is 0 Å². The van der Waals surface area contributed by atoms with E-state index in [1.54, 1.807) is 59.7 Å². The van der Waals surface area contributed by atoms with E-state index in [-0.39, 0.29) is 11.8 Å². The van der Waals surface area contributed by atoms with E-state index in [0.29, 0.717) is 23.4 Å². The van der Waals surface area contributed by atoms with Gasteiger partial charge in [0.2, 0.25) is 0 Å². The maximum absolute atomic E-state index is 12.5. The first-order chi connectivity index (χ1) is 12.1. The molecule has 3 rings (SSSR count). The van der Waals surface area contributed by atoms with E-state index < -0.39 is 0 Å². The highest BCUT2D eigenvalue weighted by Crippen LogP contribution is 2.15. The van der Waals surface area contributed by atoms with Gasteiger partial charge in [-0.05, 0) is 47.8 Å². The molecule has 0 saturated carbocycles. The molecule has 3 aromatic rings. The van der Waals surface area contributed by atoms with Crippen molar-refractivity contribution in [2.45, 2.75) is 6.54 Å². The number of anilines is 1. The van der Waals surface area contributed by atoms with Gasteiger partial charge >= 0.3 is 0 Å². The molecule has 0 atom stereocenters. The first-order valence-corrected chi connectivity index (χ1v) is 8.76. The van der Waals surface area contributed by atoms with Crippen LogP contribution in [0.3, 0.4) is 0 Å². The number of carbonyl (C=O) groups is 2. The van der Waals surface area contributed by atoms with Gasteiger partial charge in [-0.2, -0.15) is 0 Å². The lowest BCUT2D eigenvalue weighted by Gasteiger charge is -2.16. The predicted molar refractivity (Wildman–Crippen MR) is 101 cm³/mol. The number of nitrogens with zero attached hydrogens (tertiary/aromatic N) is 1. The quantitative estimate of drug-likeness (QED) is 0.747. The summed E-state index contributed by atoms with van der Waals surface area (Å²) in [5, 5.41) is 4.83. The van der Waals surface area contributed by atoms with Crippen molar-refractivity contribution in [1.29, 1.82) is 0 Å². The molecule has 0 unspecified atom stereocenters. The van der Waals surface area contributed by atoms with Crippen LogP contribution in [0.2, 0.25) is 0 Å². The summed E-state index contributed by atoms with van der Waals surface area (Å²) in [5.41, 5.74) is 1.85. The Hall–Kier alpha value is -2.92. The second-order valence-electron chi connectivity index (χ2n) is 5.64. The highest BCUT2D eigenvalue weighted by atomic mass is 32.1. The van der Waals surface area contributed by atoms with Crippen LogP contribution in [0.5, 0.6) is 0 Å². The van der Waals surface area contributed by atoms with E-state index in [4.69, 9.17) is 0 Å². The van der Waals surface area contributed by atoms with Gasteiger partial charge in [-0.15, -0.1) is 11.3 Å². The van der Waals surface area contributed by atoms with E-state index in [9.17, 15) is 9.59 Å². The van der Waals surface area contributed by atoms with Gasteiger partial charge in [0.05, 0.1) is 6.54 Å². The fraction of sp³-hybridized carbons (Fsp3) is 0.100. The van der Waals surface area contributed by atoms with Crippen molar-refractivity contribution in [3.63, 3.8) is 0 Å². The molecule has 1 N–H and O–H groups in total. The SMILES string of the molecule is CN(Cc1cccs1)C(=O)c1ccc(NC(=O)c2ccccc2)cc1. The van der Waals surface area contributed by atoms with Gasteiger partial charge in [0.1, 0.15) is 0 Å². The Balaban J connectivity index is 1.63. The van der Waals surface area contributed by atoms with Gasteiger partial charge in [-0.1, -0.05) is 24.3 Å². The van der Waals surface area contributed by atoms with Crippen molar-refractivity contribution >= 4 is 28.8 Å². The molecule has 25 heavy (non-hydrogen) atoms. The molecule has 0 aliphatic rings. The van der Waals surface area contributed by atoms with E-state index in [1.165, 1.54) is 0 Å². The zero-order valence-electron chi connectivity index (χ0n) is 13.8. The molecule has 1 aromatic heterocycles. The molecule has 0 aliphatic heterocycles. The van der Waals surface area contributed by atoms with E-state index in [2.05, 4.69) is 5.32 Å². The minimum Gasteiger partial charge on any atom is -0.337 e. The third-order valence-electron chi connectivity index (χ3n) is 3.75. The summed E-state index contributed by atoms with van der Waals surface area (Å²) in [4.78, 5) is 27.4. The fourth-order valence-corrected chi connectivity index (χ4v) is 3.17. The van der Waals surface area contributed by atoms with Crippen LogP contribution in [0.25, 0.3) is 0 Å². The molecule has 4 nitrogen and oxygen atoms in total. The van der Waals surface area contributed by atoms with E-state index in [0.717, 1.165) is 4.88 Å². The molecule has 5 heteroatoms. The molecule has 1 heterocycles. The Labute approximate surface area is 150 Å². The molecule has 0 saturated heterocycles. The number of benzene rings is 2. The van der Waals surface area contributed by atoms with Crippen molar-refractivity contribution < 1.29 is 9.59 Å². The average Bonchev–Trinajstić information content (AvgIpc) is 3.15. The predicted octanol–water partition coefficient (Wildman–Crippen LogP) is 4.27. The Morgan fingerprint density at radius 1 is 0.920 bits per heavy atom. The van der Waals surface area contributed by atoms with Crippen LogP contribution in [0.4, 0.5) is 5.69 Å². The Kier molecular flexibility index (Phi) is 5.26. The Bertz CT molecular complexity index is 843. The molecular weight excluding hydrogens is 332 g/mol. The molecular formula is C20H18N2O2S. The normalized spacial score (nSPS) is 10.3. The van der Waals surface area contributed by atoms with Crippen molar-refractivity contribution in [2.24, 2.45) is 0 Å². The molecule has 0 fully saturated rings. The number of amides is 2. The minimum absolute atomic E-state index is 0.0469. The fourth-order valence-electron chi connectivity index (χ4n) is 2.42. The lowest BCUT2D eigenvalue weighted by atomic mass is 10.1. The number of nitrogens with one attached hydrogen (secondary N) is 1. The van der Waals surface area contributed by atoms with Crippen LogP contribution in [0.15, 0.2) is 72.1 Å². The van der Waals surface area contributed by atoms with Gasteiger partial charge in [0.25, 0.3) is 11.8 Å². The van der Waals surface area contributed by atoms with Crippen LogP contribution in [0, 0.1) is 0 Å². The molecule has 0 radical (unpaired) electrons. The topological polar surface area (TPSA) is 49.4 Å². The zero-order valence-corrected chi connectivity index (χ0v) is 14.6. The second kappa shape index (κ2) is 7.77. The average molecular weight is 350 g/mol. The van der Waals surface area contributed by atoms with Crippen LogP contribution in [-0.4, -0.2) is 23.8 Å². The number of thiophene rings is 1.